The van der Waals surface area contributed by atoms with Crippen LogP contribution in [-0.4, -0.2) is 74.8 Å². The van der Waals surface area contributed by atoms with E-state index < -0.39 is 14.9 Å². The van der Waals surface area contributed by atoms with Gasteiger partial charge in [-0.25, -0.2) is 8.42 Å². The summed E-state index contributed by atoms with van der Waals surface area (Å²) in [4.78, 5) is 27.3. The Morgan fingerprint density at radius 1 is 0.970 bits per heavy atom. The Labute approximate surface area is 192 Å². The number of hydrogen-bond acceptors (Lipinski definition) is 7. The number of amides is 1. The highest BCUT2D eigenvalue weighted by atomic mass is 32.2. The van der Waals surface area contributed by atoms with Crippen LogP contribution in [0.2, 0.25) is 0 Å². The summed E-state index contributed by atoms with van der Waals surface area (Å²) in [5.41, 5.74) is 1.19. The molecular formula is C22H26N4O6S. The topological polar surface area (TPSA) is 113 Å². The second-order valence-corrected chi connectivity index (χ2v) is 9.94. The van der Waals surface area contributed by atoms with Crippen molar-refractivity contribution in [3.05, 3.63) is 58.1 Å². The molecule has 0 radical (unpaired) electrons. The summed E-state index contributed by atoms with van der Waals surface area (Å²) < 4.78 is 32.9. The third kappa shape index (κ3) is 4.64. The summed E-state index contributed by atoms with van der Waals surface area (Å²) in [7, 11) is -2.33. The van der Waals surface area contributed by atoms with E-state index in [1.165, 1.54) is 35.7 Å². The standard InChI is InChI=1S/C22H26N4O6S/c1-32-20-9-4-17(16-21(20)33(30,31)25-10-2-3-11-25)22(27)24-14-12-23(13-15-24)18-5-7-19(8-6-18)26(28)29/h4-9,16H,2-3,10-15H2,1H3. The van der Waals surface area contributed by atoms with Crippen molar-refractivity contribution in [2.75, 3.05) is 51.3 Å². The highest BCUT2D eigenvalue weighted by Crippen LogP contribution is 2.30. The van der Waals surface area contributed by atoms with Gasteiger partial charge in [0.25, 0.3) is 11.6 Å². The van der Waals surface area contributed by atoms with Gasteiger partial charge in [-0.3, -0.25) is 14.9 Å². The fraction of sp³-hybridized carbons (Fsp3) is 0.409. The molecule has 0 saturated carbocycles. The molecule has 33 heavy (non-hydrogen) atoms. The molecule has 2 aliphatic heterocycles. The number of non-ortho nitro benzene ring substituents is 1. The van der Waals surface area contributed by atoms with Crippen LogP contribution in [0, 0.1) is 10.1 Å². The normalized spacial score (nSPS) is 17.2. The number of piperazine rings is 1. The van der Waals surface area contributed by atoms with Crippen molar-refractivity contribution in [3.63, 3.8) is 0 Å². The predicted octanol–water partition coefficient (Wildman–Crippen LogP) is 2.35. The minimum atomic E-state index is -3.74. The summed E-state index contributed by atoms with van der Waals surface area (Å²) in [6.45, 7) is 2.98. The average molecular weight is 475 g/mol. The summed E-state index contributed by atoms with van der Waals surface area (Å²) >= 11 is 0. The zero-order valence-electron chi connectivity index (χ0n) is 18.3. The van der Waals surface area contributed by atoms with Crippen LogP contribution in [0.5, 0.6) is 5.75 Å². The van der Waals surface area contributed by atoms with Gasteiger partial charge in [-0.1, -0.05) is 0 Å². The van der Waals surface area contributed by atoms with Gasteiger partial charge < -0.3 is 14.5 Å². The first kappa shape index (κ1) is 23.0. The van der Waals surface area contributed by atoms with Gasteiger partial charge >= 0.3 is 0 Å². The number of sulfonamides is 1. The first-order valence-electron chi connectivity index (χ1n) is 10.8. The number of ether oxygens (including phenoxy) is 1. The summed E-state index contributed by atoms with van der Waals surface area (Å²) in [5.74, 6) is -0.0136. The monoisotopic (exact) mass is 474 g/mol. The van der Waals surface area contributed by atoms with E-state index in [4.69, 9.17) is 4.74 Å². The van der Waals surface area contributed by atoms with Crippen molar-refractivity contribution in [1.29, 1.82) is 0 Å². The molecule has 2 aromatic rings. The second kappa shape index (κ2) is 9.36. The van der Waals surface area contributed by atoms with E-state index in [0.717, 1.165) is 18.5 Å². The van der Waals surface area contributed by atoms with Crippen LogP contribution in [0.25, 0.3) is 0 Å². The lowest BCUT2D eigenvalue weighted by Crippen LogP contribution is -2.48. The molecule has 2 aliphatic rings. The summed E-state index contributed by atoms with van der Waals surface area (Å²) in [6, 6.07) is 10.9. The maximum absolute atomic E-state index is 13.1. The zero-order valence-corrected chi connectivity index (χ0v) is 19.2. The Morgan fingerprint density at radius 3 is 2.18 bits per heavy atom. The second-order valence-electron chi connectivity index (χ2n) is 8.03. The molecule has 2 aromatic carbocycles. The molecule has 0 aliphatic carbocycles. The molecule has 176 valence electrons. The number of nitrogens with zero attached hydrogens (tertiary/aromatic N) is 4. The third-order valence-electron chi connectivity index (χ3n) is 6.09. The van der Waals surface area contributed by atoms with Crippen molar-refractivity contribution in [3.8, 4) is 5.75 Å². The number of benzene rings is 2. The van der Waals surface area contributed by atoms with Crippen LogP contribution in [-0.2, 0) is 10.0 Å². The molecule has 11 heteroatoms. The number of carbonyl (C=O) groups is 1. The minimum absolute atomic E-state index is 0.0160. The molecule has 2 heterocycles. The number of methoxy groups -OCH3 is 1. The van der Waals surface area contributed by atoms with Crippen LogP contribution in [0.4, 0.5) is 11.4 Å². The number of nitro groups is 1. The van der Waals surface area contributed by atoms with Gasteiger partial charge in [0.1, 0.15) is 10.6 Å². The van der Waals surface area contributed by atoms with Gasteiger partial charge in [-0.15, -0.1) is 0 Å². The lowest BCUT2D eigenvalue weighted by atomic mass is 10.1. The molecule has 10 nitrogen and oxygen atoms in total. The molecule has 0 atom stereocenters. The maximum Gasteiger partial charge on any atom is 0.269 e. The summed E-state index contributed by atoms with van der Waals surface area (Å²) in [5, 5.41) is 10.8. The quantitative estimate of drug-likeness (QED) is 0.466. The van der Waals surface area contributed by atoms with Crippen LogP contribution < -0.4 is 9.64 Å². The number of carbonyl (C=O) groups excluding carboxylic acids is 1. The zero-order chi connectivity index (χ0) is 23.6. The van der Waals surface area contributed by atoms with Crippen LogP contribution in [0.3, 0.4) is 0 Å². The molecule has 2 saturated heterocycles. The van der Waals surface area contributed by atoms with Crippen molar-refractivity contribution in [1.82, 2.24) is 9.21 Å². The van der Waals surface area contributed by atoms with Crippen molar-refractivity contribution >= 4 is 27.3 Å². The highest BCUT2D eigenvalue weighted by Gasteiger charge is 2.31. The van der Waals surface area contributed by atoms with Crippen LogP contribution >= 0.6 is 0 Å². The van der Waals surface area contributed by atoms with Crippen LogP contribution in [0.1, 0.15) is 23.2 Å². The minimum Gasteiger partial charge on any atom is -0.495 e. The molecule has 0 aromatic heterocycles. The van der Waals surface area contributed by atoms with Crippen LogP contribution in [0.15, 0.2) is 47.4 Å². The fourth-order valence-corrected chi connectivity index (χ4v) is 5.91. The molecule has 0 unspecified atom stereocenters. The fourth-order valence-electron chi connectivity index (χ4n) is 4.21. The molecule has 0 bridgehead atoms. The summed E-state index contributed by atoms with van der Waals surface area (Å²) in [6.07, 6.45) is 1.64. The lowest BCUT2D eigenvalue weighted by Gasteiger charge is -2.36. The number of hydrogen-bond donors (Lipinski definition) is 0. The molecular weight excluding hydrogens is 448 g/mol. The third-order valence-corrected chi connectivity index (χ3v) is 8.01. The first-order chi connectivity index (χ1) is 15.8. The van der Waals surface area contributed by atoms with E-state index in [2.05, 4.69) is 4.90 Å². The van der Waals surface area contributed by atoms with Crippen molar-refractivity contribution < 1.29 is 22.9 Å². The molecule has 1 amide bonds. The predicted molar refractivity (Wildman–Crippen MR) is 122 cm³/mol. The Kier molecular flexibility index (Phi) is 6.52. The van der Waals surface area contributed by atoms with E-state index in [-0.39, 0.29) is 22.2 Å². The lowest BCUT2D eigenvalue weighted by molar-refractivity contribution is -0.384. The Balaban J connectivity index is 1.48. The molecule has 0 spiro atoms. The molecule has 2 fully saturated rings. The van der Waals surface area contributed by atoms with E-state index >= 15 is 0 Å². The van der Waals surface area contributed by atoms with E-state index in [1.807, 2.05) is 0 Å². The Bertz CT molecular complexity index is 1140. The van der Waals surface area contributed by atoms with E-state index in [9.17, 15) is 23.3 Å². The number of anilines is 1. The largest absolute Gasteiger partial charge is 0.495 e. The molecule has 4 rings (SSSR count). The van der Waals surface area contributed by atoms with Gasteiger partial charge in [0, 0.05) is 62.7 Å². The maximum atomic E-state index is 13.1. The first-order valence-corrected chi connectivity index (χ1v) is 12.2. The van der Waals surface area contributed by atoms with E-state index in [0.29, 0.717) is 44.8 Å². The van der Waals surface area contributed by atoms with E-state index in [1.54, 1.807) is 23.1 Å². The highest BCUT2D eigenvalue weighted by molar-refractivity contribution is 7.89. The number of rotatable bonds is 6. The van der Waals surface area contributed by atoms with Crippen molar-refractivity contribution in [2.24, 2.45) is 0 Å². The molecule has 0 N–H and O–H groups in total. The van der Waals surface area contributed by atoms with Gasteiger partial charge in [0.15, 0.2) is 0 Å². The van der Waals surface area contributed by atoms with Gasteiger partial charge in [0.05, 0.1) is 12.0 Å². The van der Waals surface area contributed by atoms with Gasteiger partial charge in [0.2, 0.25) is 10.0 Å². The smallest absolute Gasteiger partial charge is 0.269 e. The Hall–Kier alpha value is -3.18. The Morgan fingerprint density at radius 2 is 1.61 bits per heavy atom. The average Bonchev–Trinajstić information content (AvgIpc) is 3.39. The van der Waals surface area contributed by atoms with Gasteiger partial charge in [-0.05, 0) is 43.2 Å². The SMILES string of the molecule is COc1ccc(C(=O)N2CCN(c3ccc([N+](=O)[O-])cc3)CC2)cc1S(=O)(=O)N1CCCC1. The van der Waals surface area contributed by atoms with Crippen molar-refractivity contribution in [2.45, 2.75) is 17.7 Å². The van der Waals surface area contributed by atoms with Gasteiger partial charge in [-0.2, -0.15) is 4.31 Å². The number of nitro benzene ring substituents is 1.